The number of carbonyl (C=O) groups is 2. The van der Waals surface area contributed by atoms with E-state index in [2.05, 4.69) is 0 Å². The van der Waals surface area contributed by atoms with Gasteiger partial charge >= 0.3 is 0 Å². The Morgan fingerprint density at radius 2 is 1.92 bits per heavy atom. The van der Waals surface area contributed by atoms with Crippen LogP contribution < -0.4 is 16.2 Å². The van der Waals surface area contributed by atoms with Crippen LogP contribution in [0.1, 0.15) is 36.0 Å². The minimum Gasteiger partial charge on any atom is -0.493 e. The van der Waals surface area contributed by atoms with Crippen LogP contribution in [0, 0.1) is 0 Å². The highest BCUT2D eigenvalue weighted by Crippen LogP contribution is 2.16. The van der Waals surface area contributed by atoms with Gasteiger partial charge in [0, 0.05) is 25.3 Å². The Hall–Kier alpha value is -1.83. The quantitative estimate of drug-likeness (QED) is 0.623. The fraction of sp³-hybridized carbons (Fsp3) is 0.556. The van der Waals surface area contributed by atoms with Gasteiger partial charge in [-0.2, -0.15) is 0 Å². The van der Waals surface area contributed by atoms with Gasteiger partial charge in [-0.1, -0.05) is 6.07 Å². The number of nitrogens with zero attached hydrogens (tertiary/aromatic N) is 1. The molecule has 1 aromatic carbocycles. The fourth-order valence-electron chi connectivity index (χ4n) is 2.76. The molecule has 2 amide bonds. The molecule has 0 radical (unpaired) electrons. The first kappa shape index (κ1) is 22.2. The van der Waals surface area contributed by atoms with Gasteiger partial charge in [0.25, 0.3) is 0 Å². The van der Waals surface area contributed by atoms with E-state index in [1.165, 1.54) is 0 Å². The third kappa shape index (κ3) is 7.19. The highest BCUT2D eigenvalue weighted by molar-refractivity contribution is 5.93. The van der Waals surface area contributed by atoms with Gasteiger partial charge in [-0.3, -0.25) is 9.59 Å². The van der Waals surface area contributed by atoms with Gasteiger partial charge in [0.1, 0.15) is 5.75 Å². The van der Waals surface area contributed by atoms with E-state index in [4.69, 9.17) is 20.9 Å². The standard InChI is InChI=1S/C18H27N3O4.ClH/c19-8-2-11-24-15-5-9-21(10-6-15)17(22)7-12-25-16-4-1-3-14(13-16)18(20)23;/h1,3-4,13,15H,2,5-12,19H2,(H2,20,23);1H. The van der Waals surface area contributed by atoms with Gasteiger partial charge in [0.15, 0.2) is 0 Å². The Bertz CT molecular complexity index is 577. The lowest BCUT2D eigenvalue weighted by molar-refractivity contribution is -0.134. The monoisotopic (exact) mass is 385 g/mol. The Morgan fingerprint density at radius 3 is 2.58 bits per heavy atom. The molecule has 146 valence electrons. The van der Waals surface area contributed by atoms with Crippen molar-refractivity contribution >= 4 is 24.2 Å². The maximum atomic E-state index is 12.2. The third-order valence-corrected chi connectivity index (χ3v) is 4.20. The SMILES string of the molecule is Cl.NCCCOC1CCN(C(=O)CCOc2cccc(C(N)=O)c2)CC1. The average Bonchev–Trinajstić information content (AvgIpc) is 2.62. The average molecular weight is 386 g/mol. The zero-order valence-corrected chi connectivity index (χ0v) is 15.7. The largest absolute Gasteiger partial charge is 0.493 e. The number of ether oxygens (including phenoxy) is 2. The summed E-state index contributed by atoms with van der Waals surface area (Å²) in [6, 6.07) is 6.64. The van der Waals surface area contributed by atoms with Crippen molar-refractivity contribution in [2.24, 2.45) is 11.5 Å². The van der Waals surface area contributed by atoms with E-state index in [1.54, 1.807) is 24.3 Å². The van der Waals surface area contributed by atoms with E-state index in [1.807, 2.05) is 4.90 Å². The number of rotatable bonds is 9. The first-order valence-electron chi connectivity index (χ1n) is 8.72. The number of carbonyl (C=O) groups excluding carboxylic acids is 2. The molecule has 0 unspecified atom stereocenters. The molecule has 2 rings (SSSR count). The minimum absolute atomic E-state index is 0. The molecule has 1 aliphatic heterocycles. The number of halogens is 1. The second-order valence-corrected chi connectivity index (χ2v) is 6.08. The van der Waals surface area contributed by atoms with E-state index in [9.17, 15) is 9.59 Å². The predicted octanol–water partition coefficient (Wildman–Crippen LogP) is 1.33. The first-order chi connectivity index (χ1) is 12.1. The molecule has 1 fully saturated rings. The lowest BCUT2D eigenvalue weighted by Gasteiger charge is -2.32. The Morgan fingerprint density at radius 1 is 1.19 bits per heavy atom. The van der Waals surface area contributed by atoms with E-state index in [-0.39, 0.29) is 31.0 Å². The molecule has 0 spiro atoms. The molecular weight excluding hydrogens is 358 g/mol. The molecule has 0 aromatic heterocycles. The molecule has 0 atom stereocenters. The van der Waals surface area contributed by atoms with Crippen LogP contribution in [-0.4, -0.2) is 55.7 Å². The zero-order valence-electron chi connectivity index (χ0n) is 14.9. The van der Waals surface area contributed by atoms with Crippen molar-refractivity contribution in [3.63, 3.8) is 0 Å². The van der Waals surface area contributed by atoms with Gasteiger partial charge in [-0.25, -0.2) is 0 Å². The number of primary amides is 1. The summed E-state index contributed by atoms with van der Waals surface area (Å²) in [5.74, 6) is 0.112. The summed E-state index contributed by atoms with van der Waals surface area (Å²) in [6.45, 7) is 3.02. The molecule has 1 aliphatic rings. The van der Waals surface area contributed by atoms with Gasteiger partial charge in [0.2, 0.25) is 11.8 Å². The highest BCUT2D eigenvalue weighted by atomic mass is 35.5. The molecule has 0 bridgehead atoms. The number of nitrogens with two attached hydrogens (primary N) is 2. The van der Waals surface area contributed by atoms with Gasteiger partial charge in [-0.15, -0.1) is 12.4 Å². The van der Waals surface area contributed by atoms with Crippen LogP contribution in [0.2, 0.25) is 0 Å². The van der Waals surface area contributed by atoms with Crippen molar-refractivity contribution in [3.8, 4) is 5.75 Å². The number of likely N-dealkylation sites (tertiary alicyclic amines) is 1. The Kier molecular flexibility index (Phi) is 10.0. The predicted molar refractivity (Wildman–Crippen MR) is 102 cm³/mol. The minimum atomic E-state index is -0.502. The number of hydrogen-bond donors (Lipinski definition) is 2. The van der Waals surface area contributed by atoms with Crippen molar-refractivity contribution in [1.29, 1.82) is 0 Å². The number of hydrogen-bond acceptors (Lipinski definition) is 5. The summed E-state index contributed by atoms with van der Waals surface area (Å²) in [6.07, 6.45) is 3.12. The van der Waals surface area contributed by atoms with Gasteiger partial charge in [-0.05, 0) is 44.0 Å². The van der Waals surface area contributed by atoms with Crippen LogP contribution in [0.15, 0.2) is 24.3 Å². The van der Waals surface area contributed by atoms with Gasteiger partial charge < -0.3 is 25.8 Å². The lowest BCUT2D eigenvalue weighted by Crippen LogP contribution is -2.41. The number of benzene rings is 1. The summed E-state index contributed by atoms with van der Waals surface area (Å²) < 4.78 is 11.3. The molecule has 8 heteroatoms. The summed E-state index contributed by atoms with van der Waals surface area (Å²) in [5.41, 5.74) is 11.1. The van der Waals surface area contributed by atoms with Crippen molar-refractivity contribution in [1.82, 2.24) is 4.90 Å². The topological polar surface area (TPSA) is 108 Å². The molecule has 1 aromatic rings. The summed E-state index contributed by atoms with van der Waals surface area (Å²) >= 11 is 0. The van der Waals surface area contributed by atoms with Crippen LogP contribution >= 0.6 is 12.4 Å². The normalized spacial score (nSPS) is 14.6. The Balaban J connectivity index is 0.00000338. The zero-order chi connectivity index (χ0) is 18.1. The molecule has 0 saturated carbocycles. The first-order valence-corrected chi connectivity index (χ1v) is 8.72. The molecular formula is C18H28ClN3O4. The van der Waals surface area contributed by atoms with Crippen LogP contribution in [0.4, 0.5) is 0 Å². The molecule has 4 N–H and O–H groups in total. The second kappa shape index (κ2) is 11.7. The molecule has 1 heterocycles. The maximum Gasteiger partial charge on any atom is 0.248 e. The number of piperidine rings is 1. The molecule has 1 saturated heterocycles. The van der Waals surface area contributed by atoms with Crippen molar-refractivity contribution in [3.05, 3.63) is 29.8 Å². The van der Waals surface area contributed by atoms with Crippen molar-refractivity contribution in [2.45, 2.75) is 31.8 Å². The summed E-state index contributed by atoms with van der Waals surface area (Å²) in [4.78, 5) is 25.2. The summed E-state index contributed by atoms with van der Waals surface area (Å²) in [7, 11) is 0. The third-order valence-electron chi connectivity index (χ3n) is 4.20. The maximum absolute atomic E-state index is 12.2. The van der Waals surface area contributed by atoms with Crippen LogP contribution in [0.5, 0.6) is 5.75 Å². The van der Waals surface area contributed by atoms with Crippen LogP contribution in [-0.2, 0) is 9.53 Å². The molecule has 7 nitrogen and oxygen atoms in total. The highest BCUT2D eigenvalue weighted by Gasteiger charge is 2.22. The van der Waals surface area contributed by atoms with E-state index >= 15 is 0 Å². The van der Waals surface area contributed by atoms with Crippen molar-refractivity contribution < 1.29 is 19.1 Å². The van der Waals surface area contributed by atoms with E-state index in [0.29, 0.717) is 44.0 Å². The molecule has 26 heavy (non-hydrogen) atoms. The smallest absolute Gasteiger partial charge is 0.248 e. The van der Waals surface area contributed by atoms with Crippen molar-refractivity contribution in [2.75, 3.05) is 32.8 Å². The van der Waals surface area contributed by atoms with E-state index < -0.39 is 5.91 Å². The van der Waals surface area contributed by atoms with Gasteiger partial charge in [0.05, 0.1) is 19.1 Å². The summed E-state index contributed by atoms with van der Waals surface area (Å²) in [5, 5.41) is 0. The molecule has 0 aliphatic carbocycles. The van der Waals surface area contributed by atoms with Crippen LogP contribution in [0.3, 0.4) is 0 Å². The lowest BCUT2D eigenvalue weighted by atomic mass is 10.1. The second-order valence-electron chi connectivity index (χ2n) is 6.08. The number of amides is 2. The Labute approximate surface area is 160 Å². The fourth-order valence-corrected chi connectivity index (χ4v) is 2.76. The van der Waals surface area contributed by atoms with E-state index in [0.717, 1.165) is 19.3 Å². The van der Waals surface area contributed by atoms with Crippen LogP contribution in [0.25, 0.3) is 0 Å².